The van der Waals surface area contributed by atoms with Gasteiger partial charge in [-0.15, -0.1) is 12.6 Å². The zero-order valence-electron chi connectivity index (χ0n) is 10.5. The molecule has 1 saturated carbocycles. The number of nitrogens with zero attached hydrogens (tertiary/aromatic N) is 2. The van der Waals surface area contributed by atoms with Crippen LogP contribution in [0, 0.1) is 11.7 Å². The van der Waals surface area contributed by atoms with Crippen LogP contribution in [-0.2, 0) is 5.41 Å². The first-order chi connectivity index (χ1) is 9.03. The van der Waals surface area contributed by atoms with Gasteiger partial charge in [0.1, 0.15) is 11.3 Å². The van der Waals surface area contributed by atoms with E-state index in [1.807, 2.05) is 7.05 Å². The van der Waals surface area contributed by atoms with E-state index in [1.165, 1.54) is 11.8 Å². The number of hydrogen-bond donors (Lipinski definition) is 1. The molecule has 1 aromatic carbocycles. The van der Waals surface area contributed by atoms with E-state index in [4.69, 9.17) is 11.6 Å². The average Bonchev–Trinajstić information content (AvgIpc) is 2.93. The van der Waals surface area contributed by atoms with Gasteiger partial charge >= 0.3 is 0 Å². The number of benzene rings is 1. The maximum absolute atomic E-state index is 14.1. The third kappa shape index (κ3) is 1.44. The normalized spacial score (nSPS) is 35.3. The molecule has 3 atom stereocenters. The van der Waals surface area contributed by atoms with Gasteiger partial charge in [0.15, 0.2) is 0 Å². The number of halogens is 2. The summed E-state index contributed by atoms with van der Waals surface area (Å²) in [4.78, 5) is 4.35. The molecular weight excluding hydrogens is 283 g/mol. The molecule has 4 rings (SSSR count). The van der Waals surface area contributed by atoms with Gasteiger partial charge in [-0.2, -0.15) is 0 Å². The lowest BCUT2D eigenvalue weighted by Crippen LogP contribution is -2.35. The predicted molar refractivity (Wildman–Crippen MR) is 76.5 cm³/mol. The fourth-order valence-electron chi connectivity index (χ4n) is 3.60. The summed E-state index contributed by atoms with van der Waals surface area (Å²) in [7, 11) is 2.02. The number of thiol groups is 1. The fourth-order valence-corrected chi connectivity index (χ4v) is 4.05. The summed E-state index contributed by atoms with van der Waals surface area (Å²) in [5.41, 5.74) is 2.05. The summed E-state index contributed by atoms with van der Waals surface area (Å²) in [5.74, 6) is 0.276. The molecule has 0 spiro atoms. The van der Waals surface area contributed by atoms with Crippen molar-refractivity contribution in [1.82, 2.24) is 9.80 Å². The Bertz CT molecular complexity index is 605. The number of allylic oxidation sites excluding steroid dienone is 1. The van der Waals surface area contributed by atoms with Gasteiger partial charge < -0.3 is 9.80 Å². The molecule has 0 bridgehead atoms. The molecule has 0 aromatic heterocycles. The fraction of sp³-hybridized carbons (Fsp3) is 0.429. The first-order valence-corrected chi connectivity index (χ1v) is 7.26. The topological polar surface area (TPSA) is 6.48 Å². The van der Waals surface area contributed by atoms with Gasteiger partial charge in [-0.3, -0.25) is 0 Å². The van der Waals surface area contributed by atoms with Crippen LogP contribution >= 0.6 is 24.2 Å². The lowest BCUT2D eigenvalue weighted by Gasteiger charge is -2.28. The van der Waals surface area contributed by atoms with Gasteiger partial charge in [-0.1, -0.05) is 11.6 Å². The third-order valence-electron chi connectivity index (χ3n) is 4.66. The van der Waals surface area contributed by atoms with Gasteiger partial charge in [0, 0.05) is 41.8 Å². The molecule has 5 heteroatoms. The van der Waals surface area contributed by atoms with Crippen molar-refractivity contribution in [3.05, 3.63) is 46.5 Å². The summed E-state index contributed by atoms with van der Waals surface area (Å²) in [5, 5.41) is 0.608. The molecule has 1 saturated heterocycles. The Kier molecular flexibility index (Phi) is 2.26. The van der Waals surface area contributed by atoms with Gasteiger partial charge in [0.25, 0.3) is 0 Å². The standard InChI is InChI=1S/C14H14ClFN2S/c1-17-6-12-10-5-14(10,7-18(12)13(17)19)9-4-8(15)2-3-11(9)16/h2-4,6,10,13,19H,5,7H2,1H3/t10-,13?,14+/m0/s1. The van der Waals surface area contributed by atoms with Crippen LogP contribution in [0.1, 0.15) is 12.0 Å². The van der Waals surface area contributed by atoms with Crippen LogP contribution in [0.3, 0.4) is 0 Å². The molecule has 0 N–H and O–H groups in total. The molecule has 2 aliphatic heterocycles. The van der Waals surface area contributed by atoms with Crippen molar-refractivity contribution in [2.75, 3.05) is 13.6 Å². The minimum atomic E-state index is -0.141. The first-order valence-electron chi connectivity index (χ1n) is 6.37. The molecule has 1 unspecified atom stereocenters. The van der Waals surface area contributed by atoms with Crippen molar-refractivity contribution in [3.63, 3.8) is 0 Å². The minimum Gasteiger partial charge on any atom is -0.351 e. The number of rotatable bonds is 1. The Labute approximate surface area is 122 Å². The van der Waals surface area contributed by atoms with Gasteiger partial charge in [-0.25, -0.2) is 4.39 Å². The molecular formula is C14H14ClFN2S. The van der Waals surface area contributed by atoms with Crippen LogP contribution in [0.5, 0.6) is 0 Å². The highest BCUT2D eigenvalue weighted by Gasteiger charge is 2.66. The lowest BCUT2D eigenvalue weighted by molar-refractivity contribution is 0.252. The molecule has 100 valence electrons. The van der Waals surface area contributed by atoms with Gasteiger partial charge in [0.2, 0.25) is 0 Å². The van der Waals surface area contributed by atoms with Gasteiger partial charge in [0.05, 0.1) is 0 Å². The Morgan fingerprint density at radius 1 is 1.47 bits per heavy atom. The van der Waals surface area contributed by atoms with E-state index in [0.717, 1.165) is 18.5 Å². The van der Waals surface area contributed by atoms with Crippen molar-refractivity contribution >= 4 is 24.2 Å². The molecule has 2 nitrogen and oxygen atoms in total. The van der Waals surface area contributed by atoms with Crippen molar-refractivity contribution in [2.45, 2.75) is 17.3 Å². The smallest absolute Gasteiger partial charge is 0.147 e. The van der Waals surface area contributed by atoms with E-state index in [2.05, 4.69) is 28.6 Å². The quantitative estimate of drug-likeness (QED) is 0.796. The summed E-state index contributed by atoms with van der Waals surface area (Å²) in [6.45, 7) is 0.833. The Morgan fingerprint density at radius 3 is 3.00 bits per heavy atom. The maximum atomic E-state index is 14.1. The SMILES string of the molecule is CN1C=C2[C@@H]3C[C@]3(c3cc(Cl)ccc3F)CN2C1S. The van der Waals surface area contributed by atoms with E-state index in [1.54, 1.807) is 12.1 Å². The second-order valence-corrected chi connectivity index (χ2v) is 6.63. The highest BCUT2D eigenvalue weighted by molar-refractivity contribution is 7.80. The molecule has 0 amide bonds. The van der Waals surface area contributed by atoms with E-state index in [-0.39, 0.29) is 16.7 Å². The van der Waals surface area contributed by atoms with Crippen molar-refractivity contribution < 1.29 is 4.39 Å². The number of hydrogen-bond acceptors (Lipinski definition) is 3. The second kappa shape index (κ2) is 3.61. The van der Waals surface area contributed by atoms with Crippen LogP contribution in [0.2, 0.25) is 5.02 Å². The van der Waals surface area contributed by atoms with Crippen molar-refractivity contribution in [3.8, 4) is 0 Å². The minimum absolute atomic E-state index is 0.0712. The summed E-state index contributed by atoms with van der Waals surface area (Å²) < 4.78 is 14.1. The van der Waals surface area contributed by atoms with E-state index >= 15 is 0 Å². The Morgan fingerprint density at radius 2 is 2.26 bits per heavy atom. The second-order valence-electron chi connectivity index (χ2n) is 5.73. The third-order valence-corrected chi connectivity index (χ3v) is 5.54. The number of piperidine rings is 1. The van der Waals surface area contributed by atoms with E-state index in [0.29, 0.717) is 10.9 Å². The van der Waals surface area contributed by atoms with Crippen LogP contribution in [0.4, 0.5) is 4.39 Å². The van der Waals surface area contributed by atoms with Crippen molar-refractivity contribution in [2.24, 2.45) is 5.92 Å². The van der Waals surface area contributed by atoms with Crippen LogP contribution in [0.15, 0.2) is 30.1 Å². The summed E-state index contributed by atoms with van der Waals surface area (Å²) >= 11 is 10.6. The average molecular weight is 297 g/mol. The van der Waals surface area contributed by atoms with E-state index in [9.17, 15) is 4.39 Å². The van der Waals surface area contributed by atoms with Crippen LogP contribution < -0.4 is 0 Å². The molecule has 2 fully saturated rings. The molecule has 0 radical (unpaired) electrons. The first kappa shape index (κ1) is 11.9. The summed E-state index contributed by atoms with van der Waals surface area (Å²) in [6, 6.07) is 4.87. The molecule has 3 aliphatic rings. The molecule has 1 aliphatic carbocycles. The molecule has 19 heavy (non-hydrogen) atoms. The molecule has 1 aromatic rings. The highest BCUT2D eigenvalue weighted by Crippen LogP contribution is 2.65. The largest absolute Gasteiger partial charge is 0.351 e. The van der Waals surface area contributed by atoms with Gasteiger partial charge in [-0.05, 0) is 30.2 Å². The highest BCUT2D eigenvalue weighted by atomic mass is 35.5. The zero-order chi connectivity index (χ0) is 13.4. The monoisotopic (exact) mass is 296 g/mol. The Balaban J connectivity index is 1.76. The maximum Gasteiger partial charge on any atom is 0.147 e. The summed E-state index contributed by atoms with van der Waals surface area (Å²) in [6.07, 6.45) is 3.15. The van der Waals surface area contributed by atoms with Crippen LogP contribution in [-0.4, -0.2) is 28.9 Å². The van der Waals surface area contributed by atoms with Crippen molar-refractivity contribution in [1.29, 1.82) is 0 Å². The molecule has 2 heterocycles. The predicted octanol–water partition coefficient (Wildman–Crippen LogP) is 3.05. The van der Waals surface area contributed by atoms with Crippen LogP contribution in [0.25, 0.3) is 0 Å². The van der Waals surface area contributed by atoms with E-state index < -0.39 is 0 Å². The number of fused-ring (bicyclic) bond motifs is 3. The lowest BCUT2D eigenvalue weighted by atomic mass is 9.94. The Hall–Kier alpha value is -0.870. The zero-order valence-corrected chi connectivity index (χ0v) is 12.1.